The van der Waals surface area contributed by atoms with Crippen molar-refractivity contribution < 1.29 is 28.5 Å². The van der Waals surface area contributed by atoms with Gasteiger partial charge in [-0.15, -0.1) is 0 Å². The Balaban J connectivity index is 1.95. The summed E-state index contributed by atoms with van der Waals surface area (Å²) in [4.78, 5) is 3.73. The normalized spacial score (nSPS) is 13.2. The molecule has 0 bridgehead atoms. The van der Waals surface area contributed by atoms with E-state index in [0.717, 1.165) is 21.2 Å². The number of halogens is 1. The number of benzene rings is 3. The fourth-order valence-corrected chi connectivity index (χ4v) is 4.19. The molecule has 0 atom stereocenters. The number of rotatable bonds is 3. The van der Waals surface area contributed by atoms with Gasteiger partial charge >= 0.3 is 5.75 Å². The summed E-state index contributed by atoms with van der Waals surface area (Å²) in [5.41, 5.74) is 2.26. The van der Waals surface area contributed by atoms with Crippen LogP contribution in [0, 0.1) is 10.2 Å². The number of hydrogen-bond donors (Lipinski definition) is 0. The highest BCUT2D eigenvalue weighted by molar-refractivity contribution is 7.99. The number of fused-ring (bicyclic) bond motifs is 2. The zero-order chi connectivity index (χ0) is 17.4. The second-order valence-corrected chi connectivity index (χ2v) is 7.29. The van der Waals surface area contributed by atoms with Crippen LogP contribution in [0.25, 0.3) is 0 Å². The van der Waals surface area contributed by atoms with Crippen molar-refractivity contribution in [1.29, 1.82) is 0 Å². The minimum Gasteiger partial charge on any atom is -0.304 e. The predicted molar refractivity (Wildman–Crippen MR) is 85.9 cm³/mol. The van der Waals surface area contributed by atoms with Crippen LogP contribution in [0.15, 0.2) is 82.6 Å². The smallest absolute Gasteiger partial charge is 0.304 e. The molecule has 4 rings (SSSR count). The van der Waals surface area contributed by atoms with E-state index < -0.39 is 10.2 Å². The molecule has 0 saturated carbocycles. The molecule has 3 aromatic rings. The SMILES string of the molecule is [O-][Cl+3]([O-])([O-])Oc1cccc2c1N(c1ccccc1)c1ccccc1S2. The minimum atomic E-state index is -4.59. The molecule has 5 nitrogen and oxygen atoms in total. The van der Waals surface area contributed by atoms with E-state index in [1.807, 2.05) is 65.6 Å². The molecule has 1 heterocycles. The van der Waals surface area contributed by atoms with Gasteiger partial charge in [0.2, 0.25) is 0 Å². The first-order chi connectivity index (χ1) is 12.0. The van der Waals surface area contributed by atoms with Crippen molar-refractivity contribution in [1.82, 2.24) is 0 Å². The summed E-state index contributed by atoms with van der Waals surface area (Å²) in [6.45, 7) is 0. The van der Waals surface area contributed by atoms with Crippen LogP contribution in [0.1, 0.15) is 0 Å². The molecule has 25 heavy (non-hydrogen) atoms. The summed E-state index contributed by atoms with van der Waals surface area (Å²) in [6.07, 6.45) is 0. The molecule has 1 aliphatic rings. The molecule has 0 aliphatic carbocycles. The Morgan fingerprint density at radius 3 is 2.20 bits per heavy atom. The third kappa shape index (κ3) is 3.18. The molecule has 7 heteroatoms. The van der Waals surface area contributed by atoms with Gasteiger partial charge < -0.3 is 4.90 Å². The third-order valence-electron chi connectivity index (χ3n) is 3.70. The molecule has 0 spiro atoms. The topological polar surface area (TPSA) is 81.6 Å². The highest BCUT2D eigenvalue weighted by Crippen LogP contribution is 2.54. The maximum absolute atomic E-state index is 11.1. The summed E-state index contributed by atoms with van der Waals surface area (Å²) >= 11 is 1.50. The van der Waals surface area contributed by atoms with Crippen LogP contribution in [0.3, 0.4) is 0 Å². The second kappa shape index (κ2) is 6.25. The molecule has 126 valence electrons. The van der Waals surface area contributed by atoms with Crippen LogP contribution in [0.5, 0.6) is 5.75 Å². The van der Waals surface area contributed by atoms with Gasteiger partial charge in [0.15, 0.2) is 0 Å². The highest BCUT2D eigenvalue weighted by atomic mass is 35.7. The molecular weight excluding hydrogens is 362 g/mol. The number of para-hydroxylation sites is 3. The van der Waals surface area contributed by atoms with Gasteiger partial charge in [0, 0.05) is 15.5 Å². The average Bonchev–Trinajstić information content (AvgIpc) is 2.59. The van der Waals surface area contributed by atoms with E-state index in [1.54, 1.807) is 6.07 Å². The minimum absolute atomic E-state index is 0.0000211. The number of hydrogen-bond acceptors (Lipinski definition) is 6. The van der Waals surface area contributed by atoms with Gasteiger partial charge in [-0.25, -0.2) is 0 Å². The van der Waals surface area contributed by atoms with E-state index in [0.29, 0.717) is 5.69 Å². The molecule has 3 aromatic carbocycles. The first kappa shape index (κ1) is 16.3. The van der Waals surface area contributed by atoms with Crippen LogP contribution in [-0.4, -0.2) is 0 Å². The molecule has 0 amide bonds. The van der Waals surface area contributed by atoms with Crippen molar-refractivity contribution in [2.24, 2.45) is 0 Å². The summed E-state index contributed by atoms with van der Waals surface area (Å²) in [7, 11) is -4.59. The lowest BCUT2D eigenvalue weighted by molar-refractivity contribution is -1.91. The van der Waals surface area contributed by atoms with Crippen molar-refractivity contribution in [3.8, 4) is 5.75 Å². The fraction of sp³-hybridized carbons (Fsp3) is 0. The van der Waals surface area contributed by atoms with Crippen molar-refractivity contribution in [3.63, 3.8) is 0 Å². The van der Waals surface area contributed by atoms with Gasteiger partial charge in [-0.05, 0) is 36.4 Å². The van der Waals surface area contributed by atoms with Gasteiger partial charge in [-0.1, -0.05) is 52.4 Å². The van der Waals surface area contributed by atoms with Gasteiger partial charge in [-0.2, -0.15) is 14.0 Å². The van der Waals surface area contributed by atoms with Crippen LogP contribution in [0.2, 0.25) is 0 Å². The summed E-state index contributed by atoms with van der Waals surface area (Å²) in [5, 5.41) is 0. The van der Waals surface area contributed by atoms with Crippen LogP contribution in [0.4, 0.5) is 17.1 Å². The average molecular weight is 374 g/mol. The van der Waals surface area contributed by atoms with Crippen molar-refractivity contribution in [3.05, 3.63) is 72.8 Å². The zero-order valence-electron chi connectivity index (χ0n) is 12.8. The lowest BCUT2D eigenvalue weighted by Crippen LogP contribution is -2.63. The fourth-order valence-electron chi connectivity index (χ4n) is 2.78. The van der Waals surface area contributed by atoms with E-state index >= 15 is 0 Å². The van der Waals surface area contributed by atoms with E-state index in [-0.39, 0.29) is 5.75 Å². The Bertz CT molecular complexity index is 914. The lowest BCUT2D eigenvalue weighted by atomic mass is 10.1. The predicted octanol–water partition coefficient (Wildman–Crippen LogP) is 1.90. The standard InChI is InChI=1S/C18H12ClNO4S/c21-19(22,23)24-15-10-6-12-17-18(15)20(13-7-2-1-3-8-13)14-9-4-5-11-16(14)25-17/h1-12H. The maximum atomic E-state index is 11.1. The Labute approximate surface area is 150 Å². The molecule has 1 aliphatic heterocycles. The number of anilines is 3. The van der Waals surface area contributed by atoms with E-state index in [9.17, 15) is 14.0 Å². The lowest BCUT2D eigenvalue weighted by Gasteiger charge is -2.33. The maximum Gasteiger partial charge on any atom is 0.313 e. The molecular formula is C18H12ClNO4S. The van der Waals surface area contributed by atoms with Gasteiger partial charge in [0.25, 0.3) is 0 Å². The van der Waals surface area contributed by atoms with Gasteiger partial charge in [-0.3, -0.25) is 0 Å². The van der Waals surface area contributed by atoms with Gasteiger partial charge in [0.1, 0.15) is 15.9 Å². The summed E-state index contributed by atoms with van der Waals surface area (Å²) < 4.78 is 38.1. The molecule has 0 N–H and O–H groups in total. The van der Waals surface area contributed by atoms with E-state index in [2.05, 4.69) is 0 Å². The van der Waals surface area contributed by atoms with Crippen molar-refractivity contribution in [2.45, 2.75) is 9.79 Å². The molecule has 0 saturated heterocycles. The van der Waals surface area contributed by atoms with Crippen molar-refractivity contribution >= 4 is 28.8 Å². The Morgan fingerprint density at radius 2 is 1.44 bits per heavy atom. The highest BCUT2D eigenvalue weighted by Gasteiger charge is 2.33. The Hall–Kier alpha value is -2.22. The molecule has 0 unspecified atom stereocenters. The van der Waals surface area contributed by atoms with E-state index in [4.69, 9.17) is 4.29 Å². The largest absolute Gasteiger partial charge is 0.313 e. The van der Waals surface area contributed by atoms with Gasteiger partial charge in [0.05, 0.1) is 5.69 Å². The molecule has 0 fully saturated rings. The summed E-state index contributed by atoms with van der Waals surface area (Å²) in [5.74, 6) is 0.0000211. The van der Waals surface area contributed by atoms with Crippen molar-refractivity contribution in [2.75, 3.05) is 4.90 Å². The first-order valence-electron chi connectivity index (χ1n) is 7.38. The summed E-state index contributed by atoms with van der Waals surface area (Å²) in [6, 6.07) is 22.3. The van der Waals surface area contributed by atoms with E-state index in [1.165, 1.54) is 17.8 Å². The second-order valence-electron chi connectivity index (χ2n) is 5.30. The Kier molecular flexibility index (Phi) is 4.07. The van der Waals surface area contributed by atoms with Crippen LogP contribution < -0.4 is 23.2 Å². The Morgan fingerprint density at radius 1 is 0.760 bits per heavy atom. The molecule has 0 aromatic heterocycles. The quantitative estimate of drug-likeness (QED) is 0.545. The molecule has 0 radical (unpaired) electrons. The first-order valence-corrected chi connectivity index (χ1v) is 9.43. The van der Waals surface area contributed by atoms with Crippen LogP contribution >= 0.6 is 11.8 Å². The zero-order valence-corrected chi connectivity index (χ0v) is 14.4. The van der Waals surface area contributed by atoms with Crippen LogP contribution in [-0.2, 0) is 0 Å². The monoisotopic (exact) mass is 373 g/mol. The third-order valence-corrected chi connectivity index (χ3v) is 5.17. The number of nitrogens with zero attached hydrogens (tertiary/aromatic N) is 1.